The van der Waals surface area contributed by atoms with Gasteiger partial charge in [-0.15, -0.1) is 5.10 Å². The highest BCUT2D eigenvalue weighted by Crippen LogP contribution is 2.23. The van der Waals surface area contributed by atoms with Crippen molar-refractivity contribution in [1.29, 1.82) is 0 Å². The molecule has 1 heterocycles. The molecule has 0 aliphatic heterocycles. The van der Waals surface area contributed by atoms with E-state index in [0.29, 0.717) is 16.4 Å². The number of hydrogen-bond donors (Lipinski definition) is 1. The largest absolute Gasteiger partial charge is 0.476 e. The van der Waals surface area contributed by atoms with Gasteiger partial charge in [-0.25, -0.2) is 9.48 Å². The van der Waals surface area contributed by atoms with Crippen LogP contribution in [-0.4, -0.2) is 26.1 Å². The van der Waals surface area contributed by atoms with Gasteiger partial charge in [0.05, 0.1) is 16.4 Å². The van der Waals surface area contributed by atoms with Crippen molar-refractivity contribution in [1.82, 2.24) is 15.0 Å². The molecule has 0 bridgehead atoms. The number of rotatable bonds is 2. The topological polar surface area (TPSA) is 68.0 Å². The summed E-state index contributed by atoms with van der Waals surface area (Å²) >= 11 is 8.23. The molecule has 0 amide bonds. The molecule has 0 fully saturated rings. The van der Waals surface area contributed by atoms with Gasteiger partial charge in [0.15, 0.2) is 5.69 Å². The molecule has 0 aliphatic rings. The molecule has 2 rings (SSSR count). The van der Waals surface area contributed by atoms with E-state index < -0.39 is 5.97 Å². The second-order valence-corrected chi connectivity index (χ2v) is 4.99. The molecule has 0 unspecified atom stereocenters. The number of carbonyl (C=O) groups is 1. The molecule has 88 valence electrons. The molecule has 1 aromatic carbocycles. The van der Waals surface area contributed by atoms with Gasteiger partial charge in [-0.2, -0.15) is 0 Å². The van der Waals surface area contributed by atoms with Crippen LogP contribution >= 0.6 is 34.2 Å². The number of carboxylic acids is 1. The number of nitrogens with zero attached hydrogens (tertiary/aromatic N) is 3. The summed E-state index contributed by atoms with van der Waals surface area (Å²) in [4.78, 5) is 10.9. The van der Waals surface area contributed by atoms with Crippen molar-refractivity contribution in [2.45, 2.75) is 6.92 Å². The summed E-state index contributed by atoms with van der Waals surface area (Å²) in [7, 11) is 0. The van der Waals surface area contributed by atoms with Crippen molar-refractivity contribution in [3.63, 3.8) is 0 Å². The monoisotopic (exact) mass is 363 g/mol. The van der Waals surface area contributed by atoms with Crippen molar-refractivity contribution in [2.75, 3.05) is 0 Å². The van der Waals surface area contributed by atoms with Gasteiger partial charge >= 0.3 is 5.97 Å². The summed E-state index contributed by atoms with van der Waals surface area (Å²) in [6.45, 7) is 1.64. The molecule has 17 heavy (non-hydrogen) atoms. The van der Waals surface area contributed by atoms with Gasteiger partial charge < -0.3 is 5.11 Å². The van der Waals surface area contributed by atoms with Crippen LogP contribution in [0.25, 0.3) is 5.69 Å². The number of benzene rings is 1. The second kappa shape index (κ2) is 4.61. The van der Waals surface area contributed by atoms with Gasteiger partial charge in [0.25, 0.3) is 0 Å². The Labute approximate surface area is 116 Å². The van der Waals surface area contributed by atoms with Crippen LogP contribution < -0.4 is 0 Å². The van der Waals surface area contributed by atoms with E-state index in [1.165, 1.54) is 4.68 Å². The van der Waals surface area contributed by atoms with E-state index in [9.17, 15) is 4.79 Å². The highest BCUT2D eigenvalue weighted by molar-refractivity contribution is 14.1. The summed E-state index contributed by atoms with van der Waals surface area (Å²) in [5.74, 6) is -1.10. The van der Waals surface area contributed by atoms with Crippen molar-refractivity contribution in [3.05, 3.63) is 38.2 Å². The van der Waals surface area contributed by atoms with Crippen LogP contribution in [0.4, 0.5) is 0 Å². The average molecular weight is 364 g/mol. The van der Waals surface area contributed by atoms with E-state index in [2.05, 4.69) is 32.9 Å². The fourth-order valence-electron chi connectivity index (χ4n) is 1.41. The Bertz CT molecular complexity index is 597. The molecule has 0 aliphatic carbocycles. The molecule has 0 saturated heterocycles. The number of aromatic carboxylic acids is 1. The average Bonchev–Trinajstić information content (AvgIpc) is 2.60. The third-order valence-electron chi connectivity index (χ3n) is 2.24. The highest BCUT2D eigenvalue weighted by Gasteiger charge is 2.17. The first-order chi connectivity index (χ1) is 8.00. The molecule has 7 heteroatoms. The smallest absolute Gasteiger partial charge is 0.358 e. The summed E-state index contributed by atoms with van der Waals surface area (Å²) in [6, 6.07) is 5.42. The van der Waals surface area contributed by atoms with Gasteiger partial charge in [-0.05, 0) is 47.7 Å². The summed E-state index contributed by atoms with van der Waals surface area (Å²) < 4.78 is 2.41. The van der Waals surface area contributed by atoms with E-state index in [-0.39, 0.29) is 5.69 Å². The first kappa shape index (κ1) is 12.3. The van der Waals surface area contributed by atoms with Crippen LogP contribution in [0, 0.1) is 10.5 Å². The minimum atomic E-state index is -1.10. The Morgan fingerprint density at radius 1 is 1.53 bits per heavy atom. The first-order valence-electron chi connectivity index (χ1n) is 4.61. The number of hydrogen-bond acceptors (Lipinski definition) is 3. The van der Waals surface area contributed by atoms with E-state index in [1.807, 2.05) is 6.07 Å². The van der Waals surface area contributed by atoms with Gasteiger partial charge in [0.1, 0.15) is 0 Å². The fraction of sp³-hybridized carbons (Fsp3) is 0.100. The van der Waals surface area contributed by atoms with E-state index in [1.54, 1.807) is 19.1 Å². The zero-order valence-electron chi connectivity index (χ0n) is 8.69. The third kappa shape index (κ3) is 2.27. The van der Waals surface area contributed by atoms with Gasteiger partial charge in [0, 0.05) is 3.57 Å². The van der Waals surface area contributed by atoms with Crippen molar-refractivity contribution in [3.8, 4) is 5.69 Å². The summed E-state index contributed by atoms with van der Waals surface area (Å²) in [6.07, 6.45) is 0. The molecule has 2 aromatic rings. The normalized spacial score (nSPS) is 10.5. The Morgan fingerprint density at radius 3 is 2.76 bits per heavy atom. The molecule has 5 nitrogen and oxygen atoms in total. The molecule has 1 N–H and O–H groups in total. The zero-order chi connectivity index (χ0) is 12.6. The van der Waals surface area contributed by atoms with Crippen LogP contribution in [0.15, 0.2) is 18.2 Å². The lowest BCUT2D eigenvalue weighted by molar-refractivity contribution is 0.0689. The molecule has 0 saturated carbocycles. The van der Waals surface area contributed by atoms with Crippen molar-refractivity contribution >= 4 is 40.2 Å². The SMILES string of the molecule is Cc1c(C(=O)O)nnn1-c1ccc(I)cc1Cl. The zero-order valence-corrected chi connectivity index (χ0v) is 11.6. The molecule has 1 aromatic heterocycles. The van der Waals surface area contributed by atoms with E-state index in [4.69, 9.17) is 16.7 Å². The van der Waals surface area contributed by atoms with Crippen LogP contribution in [0.5, 0.6) is 0 Å². The van der Waals surface area contributed by atoms with Gasteiger partial charge in [-0.3, -0.25) is 0 Å². The van der Waals surface area contributed by atoms with Crippen LogP contribution in [0.1, 0.15) is 16.2 Å². The van der Waals surface area contributed by atoms with Crippen LogP contribution in [-0.2, 0) is 0 Å². The number of halogens is 2. The maximum Gasteiger partial charge on any atom is 0.358 e. The Balaban J connectivity index is 2.57. The first-order valence-corrected chi connectivity index (χ1v) is 6.07. The lowest BCUT2D eigenvalue weighted by Crippen LogP contribution is -2.03. The van der Waals surface area contributed by atoms with Crippen LogP contribution in [0.2, 0.25) is 5.02 Å². The summed E-state index contributed by atoms with van der Waals surface area (Å²) in [5, 5.41) is 16.8. The minimum absolute atomic E-state index is 0.0698. The number of aromatic nitrogens is 3. The maximum atomic E-state index is 10.9. The van der Waals surface area contributed by atoms with E-state index >= 15 is 0 Å². The molecule has 0 atom stereocenters. The highest BCUT2D eigenvalue weighted by atomic mass is 127. The fourth-order valence-corrected chi connectivity index (χ4v) is 2.34. The molecule has 0 spiro atoms. The Hall–Kier alpha value is -1.15. The minimum Gasteiger partial charge on any atom is -0.476 e. The third-order valence-corrected chi connectivity index (χ3v) is 3.21. The Kier molecular flexibility index (Phi) is 3.34. The lowest BCUT2D eigenvalue weighted by atomic mass is 10.3. The predicted molar refractivity (Wildman–Crippen MR) is 70.8 cm³/mol. The second-order valence-electron chi connectivity index (χ2n) is 3.34. The van der Waals surface area contributed by atoms with Crippen molar-refractivity contribution in [2.24, 2.45) is 0 Å². The maximum absolute atomic E-state index is 10.9. The molecular weight excluding hydrogens is 356 g/mol. The van der Waals surface area contributed by atoms with Gasteiger partial charge in [0.2, 0.25) is 0 Å². The van der Waals surface area contributed by atoms with Crippen LogP contribution in [0.3, 0.4) is 0 Å². The van der Waals surface area contributed by atoms with Gasteiger partial charge in [-0.1, -0.05) is 16.8 Å². The Morgan fingerprint density at radius 2 is 2.24 bits per heavy atom. The molecular formula is C10H7ClIN3O2. The molecule has 0 radical (unpaired) electrons. The summed E-state index contributed by atoms with van der Waals surface area (Å²) in [5.41, 5.74) is 0.991. The predicted octanol–water partition coefficient (Wildman–Crippen LogP) is 2.53. The standard InChI is InChI=1S/C10H7ClIN3O2/c1-5-9(10(16)17)13-14-15(5)8-3-2-6(12)4-7(8)11/h2-4H,1H3,(H,16,17). The number of carboxylic acid groups (broad SMARTS) is 1. The van der Waals surface area contributed by atoms with Crippen molar-refractivity contribution < 1.29 is 9.90 Å². The lowest BCUT2D eigenvalue weighted by Gasteiger charge is -2.05. The van der Waals surface area contributed by atoms with E-state index in [0.717, 1.165) is 3.57 Å². The quantitative estimate of drug-likeness (QED) is 0.833.